The summed E-state index contributed by atoms with van der Waals surface area (Å²) in [6, 6.07) is 19.9. The molecule has 0 atom stereocenters. The Morgan fingerprint density at radius 3 is 2.29 bits per heavy atom. The third-order valence-electron chi connectivity index (χ3n) is 5.28. The van der Waals surface area contributed by atoms with Crippen LogP contribution in [0.5, 0.6) is 0 Å². The molecule has 0 bridgehead atoms. The monoisotopic (exact) mass is 429 g/mol. The number of amides is 2. The van der Waals surface area contributed by atoms with Gasteiger partial charge in [-0.15, -0.1) is 9.35 Å². The molecule has 0 aliphatic carbocycles. The molecule has 5 rings (SSSR count). The molecule has 0 aromatic heterocycles. The van der Waals surface area contributed by atoms with Crippen molar-refractivity contribution in [2.45, 2.75) is 4.90 Å². The van der Waals surface area contributed by atoms with Crippen LogP contribution in [0.1, 0.15) is 26.3 Å². The van der Waals surface area contributed by atoms with Crippen LogP contribution in [0.2, 0.25) is 0 Å². The van der Waals surface area contributed by atoms with Crippen molar-refractivity contribution in [3.63, 3.8) is 0 Å². The van der Waals surface area contributed by atoms with Gasteiger partial charge in [0, 0.05) is 5.39 Å². The predicted molar refractivity (Wildman–Crippen MR) is 117 cm³/mol. The van der Waals surface area contributed by atoms with Crippen LogP contribution < -0.4 is 0 Å². The van der Waals surface area contributed by atoms with Crippen molar-refractivity contribution in [3.05, 3.63) is 96.1 Å². The van der Waals surface area contributed by atoms with E-state index in [2.05, 4.69) is 6.58 Å². The second-order valence-corrected chi connectivity index (χ2v) is 8.61. The maximum absolute atomic E-state index is 13.3. The second kappa shape index (κ2) is 6.87. The average molecular weight is 429 g/mol. The molecule has 0 spiro atoms. The third-order valence-corrected chi connectivity index (χ3v) is 6.47. The lowest BCUT2D eigenvalue weighted by atomic mass is 9.90. The lowest BCUT2D eigenvalue weighted by Crippen LogP contribution is -2.41. The topological polar surface area (TPSA) is 80.8 Å². The highest BCUT2D eigenvalue weighted by atomic mass is 32.2. The molecule has 0 radical (unpaired) electrons. The van der Waals surface area contributed by atoms with E-state index >= 15 is 0 Å². The van der Waals surface area contributed by atoms with Gasteiger partial charge in [0.2, 0.25) is 0 Å². The summed E-state index contributed by atoms with van der Waals surface area (Å²) < 4.78 is 30.7. The van der Waals surface area contributed by atoms with E-state index in [-0.39, 0.29) is 16.0 Å². The Kier molecular flexibility index (Phi) is 4.25. The molecule has 4 aromatic carbocycles. The highest BCUT2D eigenvalue weighted by Gasteiger charge is 2.38. The van der Waals surface area contributed by atoms with Crippen LogP contribution in [0.15, 0.2) is 84.3 Å². The lowest BCUT2D eigenvalue weighted by molar-refractivity contribution is -0.0153. The zero-order valence-corrected chi connectivity index (χ0v) is 16.9. The van der Waals surface area contributed by atoms with E-state index in [1.54, 1.807) is 42.5 Å². The normalized spacial score (nSPS) is 13.7. The summed E-state index contributed by atoms with van der Waals surface area (Å²) >= 11 is 0. The zero-order valence-electron chi connectivity index (χ0n) is 16.1. The van der Waals surface area contributed by atoms with Gasteiger partial charge in [-0.3, -0.25) is 9.59 Å². The van der Waals surface area contributed by atoms with Crippen LogP contribution in [-0.2, 0) is 14.4 Å². The van der Waals surface area contributed by atoms with Crippen molar-refractivity contribution in [3.8, 4) is 0 Å². The van der Waals surface area contributed by atoms with Crippen molar-refractivity contribution in [2.24, 2.45) is 0 Å². The van der Waals surface area contributed by atoms with Gasteiger partial charge in [0.25, 0.3) is 11.8 Å². The quantitative estimate of drug-likeness (QED) is 0.351. The number of hydroxylamine groups is 2. The van der Waals surface area contributed by atoms with Crippen molar-refractivity contribution in [2.75, 3.05) is 0 Å². The molecule has 7 heteroatoms. The molecule has 152 valence electrons. The van der Waals surface area contributed by atoms with Gasteiger partial charge in [-0.1, -0.05) is 61.2 Å². The standard InChI is InChI=1S/C24H15NO5S/c1-2-15-10-12-18(13-11-15)31(28,29)30-25-23(26)20-9-5-7-17-14-16-6-3-4-8-19(16)22(21(17)20)24(25)27/h2-14H,1H2. The zero-order chi connectivity index (χ0) is 21.8. The van der Waals surface area contributed by atoms with Crippen LogP contribution in [0.25, 0.3) is 27.6 Å². The Labute approximate surface area is 178 Å². The van der Waals surface area contributed by atoms with Gasteiger partial charge in [0.15, 0.2) is 0 Å². The molecule has 6 nitrogen and oxygen atoms in total. The summed E-state index contributed by atoms with van der Waals surface area (Å²) in [6.07, 6.45) is 1.57. The Morgan fingerprint density at radius 2 is 1.55 bits per heavy atom. The van der Waals surface area contributed by atoms with Crippen molar-refractivity contribution in [1.82, 2.24) is 5.06 Å². The predicted octanol–water partition coefficient (Wildman–Crippen LogP) is 4.55. The molecule has 0 N–H and O–H groups in total. The minimum Gasteiger partial charge on any atom is -0.266 e. The van der Waals surface area contributed by atoms with E-state index in [1.807, 2.05) is 24.3 Å². The third kappa shape index (κ3) is 2.94. The first-order valence-electron chi connectivity index (χ1n) is 9.41. The van der Waals surface area contributed by atoms with E-state index < -0.39 is 21.9 Å². The van der Waals surface area contributed by atoms with Crippen molar-refractivity contribution < 1.29 is 22.3 Å². The van der Waals surface area contributed by atoms with Crippen LogP contribution >= 0.6 is 0 Å². The van der Waals surface area contributed by atoms with E-state index in [4.69, 9.17) is 4.28 Å². The molecule has 0 saturated heterocycles. The molecule has 4 aromatic rings. The largest absolute Gasteiger partial charge is 0.318 e. The van der Waals surface area contributed by atoms with Gasteiger partial charge in [-0.05, 0) is 46.0 Å². The van der Waals surface area contributed by atoms with Crippen LogP contribution in [0.4, 0.5) is 0 Å². The number of fused-ring (bicyclic) bond motifs is 2. The minimum absolute atomic E-state index is 0.180. The summed E-state index contributed by atoms with van der Waals surface area (Å²) in [5.41, 5.74) is 1.16. The van der Waals surface area contributed by atoms with Gasteiger partial charge in [-0.2, -0.15) is 8.42 Å². The first-order chi connectivity index (χ1) is 14.9. The molecular formula is C24H15NO5S. The Balaban J connectivity index is 1.66. The van der Waals surface area contributed by atoms with E-state index in [0.717, 1.165) is 16.3 Å². The maximum atomic E-state index is 13.3. The van der Waals surface area contributed by atoms with Crippen molar-refractivity contribution >= 4 is 49.6 Å². The van der Waals surface area contributed by atoms with Crippen LogP contribution in [0.3, 0.4) is 0 Å². The Morgan fingerprint density at radius 1 is 0.839 bits per heavy atom. The fraction of sp³-hybridized carbons (Fsp3) is 0. The van der Waals surface area contributed by atoms with E-state index in [9.17, 15) is 18.0 Å². The molecule has 1 heterocycles. The minimum atomic E-state index is -4.43. The first-order valence-corrected chi connectivity index (χ1v) is 10.8. The smallest absolute Gasteiger partial charge is 0.266 e. The molecule has 1 aliphatic heterocycles. The van der Waals surface area contributed by atoms with Gasteiger partial charge >= 0.3 is 10.1 Å². The number of carbonyl (C=O) groups excluding carboxylic acids is 2. The molecule has 1 aliphatic rings. The van der Waals surface area contributed by atoms with Gasteiger partial charge in [0.1, 0.15) is 0 Å². The van der Waals surface area contributed by atoms with Gasteiger partial charge < -0.3 is 0 Å². The number of rotatable bonds is 4. The maximum Gasteiger partial charge on any atom is 0.318 e. The lowest BCUT2D eigenvalue weighted by Gasteiger charge is -2.26. The fourth-order valence-corrected chi connectivity index (χ4v) is 4.69. The highest BCUT2D eigenvalue weighted by Crippen LogP contribution is 2.36. The van der Waals surface area contributed by atoms with E-state index in [1.165, 1.54) is 12.1 Å². The number of nitrogens with zero attached hydrogens (tertiary/aromatic N) is 1. The summed E-state index contributed by atoms with van der Waals surface area (Å²) in [5, 5.41) is 2.95. The number of hydrogen-bond donors (Lipinski definition) is 0. The Bertz CT molecular complexity index is 1520. The summed E-state index contributed by atoms with van der Waals surface area (Å²) in [4.78, 5) is 26.2. The number of benzene rings is 4. The van der Waals surface area contributed by atoms with Gasteiger partial charge in [-0.25, -0.2) is 0 Å². The second-order valence-electron chi connectivity index (χ2n) is 7.08. The summed E-state index contributed by atoms with van der Waals surface area (Å²) in [6.45, 7) is 3.62. The van der Waals surface area contributed by atoms with Crippen LogP contribution in [0, 0.1) is 0 Å². The first kappa shape index (κ1) is 19.2. The highest BCUT2D eigenvalue weighted by molar-refractivity contribution is 7.86. The van der Waals surface area contributed by atoms with Gasteiger partial charge in [0.05, 0.1) is 16.0 Å². The molecule has 0 fully saturated rings. The number of imide groups is 1. The van der Waals surface area contributed by atoms with E-state index in [0.29, 0.717) is 15.8 Å². The fourth-order valence-electron chi connectivity index (χ4n) is 3.81. The molecule has 0 unspecified atom stereocenters. The Hall–Kier alpha value is -3.81. The number of hydrogen-bond acceptors (Lipinski definition) is 5. The average Bonchev–Trinajstić information content (AvgIpc) is 2.79. The SMILES string of the molecule is C=Cc1ccc(S(=O)(=O)ON2C(=O)c3cccc4cc5ccccc5c(c34)C2=O)cc1. The molecule has 2 amide bonds. The summed E-state index contributed by atoms with van der Waals surface area (Å²) in [5.74, 6) is -1.65. The summed E-state index contributed by atoms with van der Waals surface area (Å²) in [7, 11) is -4.43. The number of carbonyl (C=O) groups is 2. The molecular weight excluding hydrogens is 414 g/mol. The van der Waals surface area contributed by atoms with Crippen LogP contribution in [-0.4, -0.2) is 25.3 Å². The molecule has 0 saturated carbocycles. The van der Waals surface area contributed by atoms with Crippen molar-refractivity contribution in [1.29, 1.82) is 0 Å². The molecule has 31 heavy (non-hydrogen) atoms.